The van der Waals surface area contributed by atoms with Gasteiger partial charge in [-0.15, -0.1) is 0 Å². The number of hydrogen-bond donors (Lipinski definition) is 0. The molecule has 0 radical (unpaired) electrons. The Labute approximate surface area is 134 Å². The van der Waals surface area contributed by atoms with Crippen LogP contribution < -0.4 is 0 Å². The van der Waals surface area contributed by atoms with Gasteiger partial charge in [-0.25, -0.2) is 19.0 Å². The van der Waals surface area contributed by atoms with Crippen LogP contribution in [0.1, 0.15) is 11.6 Å². The zero-order valence-corrected chi connectivity index (χ0v) is 12.5. The first-order valence-electron chi connectivity index (χ1n) is 7.26. The van der Waals surface area contributed by atoms with E-state index in [1.807, 2.05) is 4.57 Å². The minimum absolute atomic E-state index is 0.333. The van der Waals surface area contributed by atoms with Crippen LogP contribution in [0.15, 0.2) is 35.4 Å². The van der Waals surface area contributed by atoms with E-state index in [4.69, 9.17) is 4.52 Å². The number of halogens is 1. The summed E-state index contributed by atoms with van der Waals surface area (Å²) in [6.07, 6.45) is 3.12. The average Bonchev–Trinajstić information content (AvgIpc) is 3.27. The standard InChI is InChI=1S/C15H10FN7O/c1-8-20-14(21-24-8)13-12-5-23-15(17-6-19-23)10-4-9(16)2-3-11(10)22(12)7-18-13/h2-4,6-7H,5H2,1H3. The maximum absolute atomic E-state index is 13.8. The Hall–Kier alpha value is -3.36. The van der Waals surface area contributed by atoms with Crippen molar-refractivity contribution in [1.29, 1.82) is 0 Å². The summed E-state index contributed by atoms with van der Waals surface area (Å²) in [6, 6.07) is 4.56. The van der Waals surface area contributed by atoms with Gasteiger partial charge < -0.3 is 4.52 Å². The molecule has 3 aromatic heterocycles. The van der Waals surface area contributed by atoms with Crippen LogP contribution in [0.25, 0.3) is 28.6 Å². The maximum atomic E-state index is 13.8. The van der Waals surface area contributed by atoms with Gasteiger partial charge >= 0.3 is 0 Å². The lowest BCUT2D eigenvalue weighted by Gasteiger charge is -2.08. The molecule has 24 heavy (non-hydrogen) atoms. The summed E-state index contributed by atoms with van der Waals surface area (Å²) in [7, 11) is 0. The molecule has 4 heterocycles. The minimum atomic E-state index is -0.333. The highest BCUT2D eigenvalue weighted by Gasteiger charge is 2.26. The highest BCUT2D eigenvalue weighted by Crippen LogP contribution is 2.33. The summed E-state index contributed by atoms with van der Waals surface area (Å²) < 4.78 is 22.4. The molecule has 1 aromatic carbocycles. The van der Waals surface area contributed by atoms with E-state index in [1.54, 1.807) is 24.0 Å². The van der Waals surface area contributed by atoms with Crippen LogP contribution in [-0.2, 0) is 6.54 Å². The predicted molar refractivity (Wildman–Crippen MR) is 79.7 cm³/mol. The van der Waals surface area contributed by atoms with E-state index < -0.39 is 0 Å². The Morgan fingerprint density at radius 1 is 1.25 bits per heavy atom. The first-order chi connectivity index (χ1) is 11.7. The molecule has 1 aliphatic rings. The lowest BCUT2D eigenvalue weighted by molar-refractivity contribution is 0.394. The van der Waals surface area contributed by atoms with Crippen LogP contribution in [0.2, 0.25) is 0 Å². The highest BCUT2D eigenvalue weighted by atomic mass is 19.1. The van der Waals surface area contributed by atoms with Crippen molar-refractivity contribution >= 4 is 0 Å². The monoisotopic (exact) mass is 323 g/mol. The zero-order chi connectivity index (χ0) is 16.3. The third kappa shape index (κ3) is 1.75. The van der Waals surface area contributed by atoms with Gasteiger partial charge in [-0.05, 0) is 18.2 Å². The summed E-state index contributed by atoms with van der Waals surface area (Å²) in [4.78, 5) is 12.9. The second-order valence-corrected chi connectivity index (χ2v) is 5.45. The fourth-order valence-electron chi connectivity index (χ4n) is 2.94. The predicted octanol–water partition coefficient (Wildman–Crippen LogP) is 1.99. The molecular weight excluding hydrogens is 313 g/mol. The second-order valence-electron chi connectivity index (χ2n) is 5.45. The van der Waals surface area contributed by atoms with Gasteiger partial charge in [0.25, 0.3) is 0 Å². The molecule has 118 valence electrons. The number of fused-ring (bicyclic) bond motifs is 5. The molecule has 9 heteroatoms. The molecule has 0 atom stereocenters. The molecule has 8 nitrogen and oxygen atoms in total. The Morgan fingerprint density at radius 2 is 2.17 bits per heavy atom. The molecule has 0 bridgehead atoms. The van der Waals surface area contributed by atoms with Crippen LogP contribution >= 0.6 is 0 Å². The van der Waals surface area contributed by atoms with Crippen molar-refractivity contribution in [3.8, 4) is 28.6 Å². The number of aromatic nitrogens is 7. The smallest absolute Gasteiger partial charge is 0.223 e. The van der Waals surface area contributed by atoms with E-state index in [1.165, 1.54) is 18.5 Å². The molecule has 0 aliphatic carbocycles. The van der Waals surface area contributed by atoms with Crippen molar-refractivity contribution in [2.24, 2.45) is 0 Å². The Morgan fingerprint density at radius 3 is 3.00 bits per heavy atom. The Balaban J connectivity index is 1.81. The van der Waals surface area contributed by atoms with Gasteiger partial charge in [0.15, 0.2) is 5.82 Å². The first kappa shape index (κ1) is 13.1. The normalized spacial score (nSPS) is 12.4. The highest BCUT2D eigenvalue weighted by molar-refractivity contribution is 5.70. The Kier molecular flexibility index (Phi) is 2.50. The van der Waals surface area contributed by atoms with Crippen molar-refractivity contribution in [3.63, 3.8) is 0 Å². The van der Waals surface area contributed by atoms with Crippen LogP contribution in [0.4, 0.5) is 4.39 Å². The topological polar surface area (TPSA) is 87.5 Å². The van der Waals surface area contributed by atoms with Crippen LogP contribution in [0.5, 0.6) is 0 Å². The van der Waals surface area contributed by atoms with E-state index in [0.717, 1.165) is 11.4 Å². The lowest BCUT2D eigenvalue weighted by atomic mass is 10.1. The second kappa shape index (κ2) is 4.57. The number of nitrogens with zero attached hydrogens (tertiary/aromatic N) is 7. The van der Waals surface area contributed by atoms with E-state index in [-0.39, 0.29) is 5.82 Å². The zero-order valence-electron chi connectivity index (χ0n) is 12.5. The minimum Gasteiger partial charge on any atom is -0.339 e. The maximum Gasteiger partial charge on any atom is 0.223 e. The molecule has 0 unspecified atom stereocenters. The third-order valence-electron chi connectivity index (χ3n) is 3.98. The molecule has 0 N–H and O–H groups in total. The fraction of sp³-hybridized carbons (Fsp3) is 0.133. The van der Waals surface area contributed by atoms with E-state index in [0.29, 0.717) is 35.3 Å². The van der Waals surface area contributed by atoms with Crippen LogP contribution in [0.3, 0.4) is 0 Å². The molecule has 0 fully saturated rings. The van der Waals surface area contributed by atoms with E-state index in [2.05, 4.69) is 25.2 Å². The van der Waals surface area contributed by atoms with Gasteiger partial charge in [-0.2, -0.15) is 10.1 Å². The Bertz CT molecular complexity index is 1080. The summed E-state index contributed by atoms with van der Waals surface area (Å²) in [5, 5.41) is 8.18. The van der Waals surface area contributed by atoms with Crippen molar-refractivity contribution in [3.05, 3.63) is 48.3 Å². The quantitative estimate of drug-likeness (QED) is 0.469. The molecule has 0 saturated heterocycles. The first-order valence-corrected chi connectivity index (χ1v) is 7.26. The molecule has 0 spiro atoms. The van der Waals surface area contributed by atoms with E-state index >= 15 is 0 Å². The fourth-order valence-corrected chi connectivity index (χ4v) is 2.94. The summed E-state index contributed by atoms with van der Waals surface area (Å²) in [5.74, 6) is 1.14. The van der Waals surface area contributed by atoms with Gasteiger partial charge in [0.2, 0.25) is 11.7 Å². The van der Waals surface area contributed by atoms with Gasteiger partial charge in [0.05, 0.1) is 17.9 Å². The van der Waals surface area contributed by atoms with Crippen LogP contribution in [0, 0.1) is 12.7 Å². The molecule has 1 aliphatic heterocycles. The van der Waals surface area contributed by atoms with Crippen molar-refractivity contribution in [2.75, 3.05) is 0 Å². The van der Waals surface area contributed by atoms with E-state index in [9.17, 15) is 4.39 Å². The number of hydrogen-bond acceptors (Lipinski definition) is 6. The van der Waals surface area contributed by atoms with Crippen LogP contribution in [-0.4, -0.2) is 34.5 Å². The van der Waals surface area contributed by atoms with Crippen molar-refractivity contribution in [1.82, 2.24) is 34.5 Å². The molecular formula is C15H10FN7O. The summed E-state index contributed by atoms with van der Waals surface area (Å²) >= 11 is 0. The van der Waals surface area contributed by atoms with Gasteiger partial charge in [-0.1, -0.05) is 5.16 Å². The van der Waals surface area contributed by atoms with Gasteiger partial charge in [-0.3, -0.25) is 4.57 Å². The molecule has 0 amide bonds. The molecule has 4 aromatic rings. The lowest BCUT2D eigenvalue weighted by Crippen LogP contribution is -2.05. The van der Waals surface area contributed by atoms with Crippen molar-refractivity contribution in [2.45, 2.75) is 13.5 Å². The number of rotatable bonds is 1. The molecule has 0 saturated carbocycles. The number of benzene rings is 1. The largest absolute Gasteiger partial charge is 0.339 e. The summed E-state index contributed by atoms with van der Waals surface area (Å²) in [5.41, 5.74) is 2.86. The summed E-state index contributed by atoms with van der Waals surface area (Å²) in [6.45, 7) is 2.13. The average molecular weight is 323 g/mol. The van der Waals surface area contributed by atoms with Crippen molar-refractivity contribution < 1.29 is 8.91 Å². The SMILES string of the molecule is Cc1nc(-c2ncn3c2Cn2ncnc2-c2cc(F)ccc2-3)no1. The third-order valence-corrected chi connectivity index (χ3v) is 3.98. The number of aryl methyl sites for hydroxylation is 1. The van der Waals surface area contributed by atoms with Gasteiger partial charge in [0, 0.05) is 12.5 Å². The van der Waals surface area contributed by atoms with Gasteiger partial charge in [0.1, 0.15) is 24.2 Å². The molecule has 5 rings (SSSR count). The number of imidazole rings is 1.